The minimum absolute atomic E-state index is 0.0738. The first kappa shape index (κ1) is 21.0. The molecule has 32 heavy (non-hydrogen) atoms. The van der Waals surface area contributed by atoms with E-state index in [1.165, 1.54) is 24.0 Å². The molecule has 2 amide bonds. The molecule has 2 fully saturated rings. The number of nitrogens with zero attached hydrogens (tertiary/aromatic N) is 1. The summed E-state index contributed by atoms with van der Waals surface area (Å²) >= 11 is 0. The van der Waals surface area contributed by atoms with Crippen molar-refractivity contribution in [1.29, 1.82) is 0 Å². The van der Waals surface area contributed by atoms with Gasteiger partial charge in [0.05, 0.1) is 6.04 Å². The van der Waals surface area contributed by atoms with Crippen LogP contribution in [0.1, 0.15) is 60.9 Å². The van der Waals surface area contributed by atoms with Gasteiger partial charge in [-0.1, -0.05) is 35.9 Å². The van der Waals surface area contributed by atoms with E-state index in [1.54, 1.807) is 6.92 Å². The normalized spacial score (nSPS) is 20.9. The van der Waals surface area contributed by atoms with Gasteiger partial charge >= 0.3 is 0 Å². The number of nitrogens with one attached hydrogen (secondary N) is 1. The van der Waals surface area contributed by atoms with Crippen molar-refractivity contribution in [2.45, 2.75) is 58.1 Å². The predicted molar refractivity (Wildman–Crippen MR) is 123 cm³/mol. The Morgan fingerprint density at radius 3 is 2.53 bits per heavy atom. The number of benzene rings is 2. The highest BCUT2D eigenvalue weighted by molar-refractivity contribution is 5.82. The maximum Gasteiger partial charge on any atom is 0.260 e. The van der Waals surface area contributed by atoms with Crippen molar-refractivity contribution in [3.63, 3.8) is 0 Å². The number of fused-ring (bicyclic) bond motifs is 1. The molecule has 2 atom stereocenters. The topological polar surface area (TPSA) is 58.6 Å². The fraction of sp³-hybridized carbons (Fsp3) is 0.481. The van der Waals surface area contributed by atoms with Gasteiger partial charge in [-0.25, -0.2) is 0 Å². The van der Waals surface area contributed by atoms with E-state index in [-0.39, 0.29) is 23.8 Å². The van der Waals surface area contributed by atoms with Crippen LogP contribution in [0.15, 0.2) is 42.5 Å². The summed E-state index contributed by atoms with van der Waals surface area (Å²) in [7, 11) is 0. The second-order valence-corrected chi connectivity index (χ2v) is 9.68. The Bertz CT molecular complexity index is 1010. The molecule has 2 saturated carbocycles. The lowest BCUT2D eigenvalue weighted by atomic mass is 9.87. The van der Waals surface area contributed by atoms with Gasteiger partial charge in [-0.05, 0) is 80.7 Å². The van der Waals surface area contributed by atoms with Crippen molar-refractivity contribution >= 4 is 11.8 Å². The average Bonchev–Trinajstić information content (AvgIpc) is 3.70. The van der Waals surface area contributed by atoms with Crippen LogP contribution in [-0.4, -0.2) is 35.9 Å². The van der Waals surface area contributed by atoms with Crippen LogP contribution in [0, 0.1) is 18.8 Å². The molecule has 2 aromatic carbocycles. The standard InChI is InChI=1S/C27H32N2O3/c1-17-3-7-21(8-4-17)25-24-15-23(32-18(2)26(30)28-16-19-5-6-19)12-11-20(24)13-14-29(25)27(31)22-9-10-22/h3-4,7-8,11-12,15,18-19,22,25H,5-6,9-10,13-14,16H2,1-2H3,(H,28,30). The van der Waals surface area contributed by atoms with Crippen LogP contribution in [0.4, 0.5) is 0 Å². The number of aryl methyl sites for hydroxylation is 1. The summed E-state index contributed by atoms with van der Waals surface area (Å²) < 4.78 is 6.04. The van der Waals surface area contributed by atoms with Gasteiger partial charge in [0.15, 0.2) is 6.10 Å². The maximum atomic E-state index is 13.1. The Labute approximate surface area is 190 Å². The van der Waals surface area contributed by atoms with Gasteiger partial charge in [0.25, 0.3) is 5.91 Å². The number of amides is 2. The Kier molecular flexibility index (Phi) is 5.66. The van der Waals surface area contributed by atoms with Crippen LogP contribution in [0.3, 0.4) is 0 Å². The second-order valence-electron chi connectivity index (χ2n) is 9.68. The molecule has 1 N–H and O–H groups in total. The fourth-order valence-corrected chi connectivity index (χ4v) is 4.55. The Hall–Kier alpha value is -2.82. The quantitative estimate of drug-likeness (QED) is 0.714. The molecule has 0 saturated heterocycles. The number of rotatable bonds is 7. The first-order valence-corrected chi connectivity index (χ1v) is 11.9. The lowest BCUT2D eigenvalue weighted by Gasteiger charge is -2.38. The number of hydrogen-bond acceptors (Lipinski definition) is 3. The summed E-state index contributed by atoms with van der Waals surface area (Å²) in [6.07, 6.45) is 4.69. The summed E-state index contributed by atoms with van der Waals surface area (Å²) in [5, 5.41) is 2.99. The smallest absolute Gasteiger partial charge is 0.260 e. The molecule has 0 aromatic heterocycles. The third-order valence-electron chi connectivity index (χ3n) is 6.89. The van der Waals surface area contributed by atoms with Crippen LogP contribution in [0.25, 0.3) is 0 Å². The van der Waals surface area contributed by atoms with Gasteiger partial charge in [-0.3, -0.25) is 9.59 Å². The zero-order chi connectivity index (χ0) is 22.2. The molecule has 0 spiro atoms. The highest BCUT2D eigenvalue weighted by atomic mass is 16.5. The van der Waals surface area contributed by atoms with Gasteiger partial charge in [-0.15, -0.1) is 0 Å². The van der Waals surface area contributed by atoms with Gasteiger partial charge in [0.2, 0.25) is 5.91 Å². The molecule has 2 unspecified atom stereocenters. The lowest BCUT2D eigenvalue weighted by molar-refractivity contribution is -0.134. The summed E-state index contributed by atoms with van der Waals surface area (Å²) in [5.74, 6) is 1.69. The summed E-state index contributed by atoms with van der Waals surface area (Å²) in [6.45, 7) is 5.35. The highest BCUT2D eigenvalue weighted by Crippen LogP contribution is 2.41. The molecule has 1 heterocycles. The van der Waals surface area contributed by atoms with Crippen molar-refractivity contribution in [3.8, 4) is 5.75 Å². The molecule has 3 aliphatic rings. The molecular weight excluding hydrogens is 400 g/mol. The van der Waals surface area contributed by atoms with E-state index >= 15 is 0 Å². The molecule has 2 aliphatic carbocycles. The van der Waals surface area contributed by atoms with Gasteiger partial charge in [-0.2, -0.15) is 0 Å². The number of carbonyl (C=O) groups is 2. The molecule has 5 nitrogen and oxygen atoms in total. The second kappa shape index (κ2) is 8.61. The van der Waals surface area contributed by atoms with E-state index in [9.17, 15) is 9.59 Å². The van der Waals surface area contributed by atoms with Crippen LogP contribution < -0.4 is 10.1 Å². The van der Waals surface area contributed by atoms with Gasteiger partial charge in [0.1, 0.15) is 5.75 Å². The van der Waals surface area contributed by atoms with E-state index in [0.717, 1.165) is 43.5 Å². The maximum absolute atomic E-state index is 13.1. The van der Waals surface area contributed by atoms with Gasteiger partial charge in [0, 0.05) is 19.0 Å². The van der Waals surface area contributed by atoms with E-state index in [2.05, 4.69) is 47.5 Å². The van der Waals surface area contributed by atoms with Crippen LogP contribution in [-0.2, 0) is 16.0 Å². The monoisotopic (exact) mass is 432 g/mol. The van der Waals surface area contributed by atoms with Crippen LogP contribution >= 0.6 is 0 Å². The summed E-state index contributed by atoms with van der Waals surface area (Å²) in [5.41, 5.74) is 4.68. The highest BCUT2D eigenvalue weighted by Gasteiger charge is 2.39. The van der Waals surface area contributed by atoms with Crippen molar-refractivity contribution in [2.24, 2.45) is 11.8 Å². The molecule has 5 rings (SSSR count). The number of hydrogen-bond donors (Lipinski definition) is 1. The molecule has 0 bridgehead atoms. The molecule has 168 valence electrons. The minimum Gasteiger partial charge on any atom is -0.481 e. The molecular formula is C27H32N2O3. The van der Waals surface area contributed by atoms with E-state index in [0.29, 0.717) is 11.7 Å². The number of ether oxygens (including phenoxy) is 1. The van der Waals surface area contributed by atoms with Crippen molar-refractivity contribution in [1.82, 2.24) is 10.2 Å². The van der Waals surface area contributed by atoms with E-state index in [4.69, 9.17) is 4.74 Å². The summed E-state index contributed by atoms with van der Waals surface area (Å²) in [6, 6.07) is 14.4. The lowest BCUT2D eigenvalue weighted by Crippen LogP contribution is -2.41. The Morgan fingerprint density at radius 2 is 1.84 bits per heavy atom. The van der Waals surface area contributed by atoms with E-state index < -0.39 is 6.10 Å². The molecule has 0 radical (unpaired) electrons. The Balaban J connectivity index is 1.41. The summed E-state index contributed by atoms with van der Waals surface area (Å²) in [4.78, 5) is 27.6. The molecule has 5 heteroatoms. The third-order valence-corrected chi connectivity index (χ3v) is 6.89. The fourth-order valence-electron chi connectivity index (χ4n) is 4.55. The van der Waals surface area contributed by atoms with Gasteiger partial charge < -0.3 is 15.0 Å². The van der Waals surface area contributed by atoms with Crippen LogP contribution in [0.2, 0.25) is 0 Å². The van der Waals surface area contributed by atoms with Crippen molar-refractivity contribution in [2.75, 3.05) is 13.1 Å². The largest absolute Gasteiger partial charge is 0.481 e. The van der Waals surface area contributed by atoms with Crippen LogP contribution in [0.5, 0.6) is 5.75 Å². The van der Waals surface area contributed by atoms with Crippen molar-refractivity contribution in [3.05, 3.63) is 64.7 Å². The van der Waals surface area contributed by atoms with Crippen molar-refractivity contribution < 1.29 is 14.3 Å². The predicted octanol–water partition coefficient (Wildman–Crippen LogP) is 4.17. The minimum atomic E-state index is -0.558. The zero-order valence-electron chi connectivity index (χ0n) is 19.0. The average molecular weight is 433 g/mol. The number of carbonyl (C=O) groups excluding carboxylic acids is 2. The Morgan fingerprint density at radius 1 is 1.09 bits per heavy atom. The van der Waals surface area contributed by atoms with E-state index in [1.807, 2.05) is 12.1 Å². The first-order chi connectivity index (χ1) is 15.5. The zero-order valence-corrected chi connectivity index (χ0v) is 19.0. The SMILES string of the molecule is Cc1ccc(C2c3cc(OC(C)C(=O)NCC4CC4)ccc3CCN2C(=O)C2CC2)cc1. The molecule has 1 aliphatic heterocycles. The molecule has 2 aromatic rings. The first-order valence-electron chi connectivity index (χ1n) is 11.9. The third kappa shape index (κ3) is 4.52.